The number of fused-ring (bicyclic) bond motifs is 1. The number of amides is 1. The van der Waals surface area contributed by atoms with Gasteiger partial charge in [0.2, 0.25) is 5.91 Å². The van der Waals surface area contributed by atoms with E-state index in [2.05, 4.69) is 26.2 Å². The maximum Gasteiger partial charge on any atom is 0.219 e. The number of para-hydroxylation sites is 1. The smallest absolute Gasteiger partial charge is 0.219 e. The van der Waals surface area contributed by atoms with E-state index in [4.69, 9.17) is 11.5 Å². The van der Waals surface area contributed by atoms with E-state index < -0.39 is 0 Å². The number of hydrogen-bond acceptors (Lipinski definition) is 4. The van der Waals surface area contributed by atoms with Gasteiger partial charge in [-0.25, -0.2) is 0 Å². The van der Waals surface area contributed by atoms with E-state index in [0.29, 0.717) is 6.54 Å². The molecule has 19 heavy (non-hydrogen) atoms. The van der Waals surface area contributed by atoms with Crippen LogP contribution in [0.3, 0.4) is 0 Å². The minimum absolute atomic E-state index is 0.187. The summed E-state index contributed by atoms with van der Waals surface area (Å²) in [6.07, 6.45) is 1.93. The Hall–Kier alpha value is -1.66. The van der Waals surface area contributed by atoms with Gasteiger partial charge in [0, 0.05) is 35.1 Å². The van der Waals surface area contributed by atoms with Crippen LogP contribution in [0.15, 0.2) is 34.9 Å². The van der Waals surface area contributed by atoms with Crippen LogP contribution >= 0.6 is 15.9 Å². The Balaban J connectivity index is 2.31. The largest absolute Gasteiger partial charge is 0.379 e. The number of pyridine rings is 1. The van der Waals surface area contributed by atoms with Crippen LogP contribution in [0.5, 0.6) is 0 Å². The Morgan fingerprint density at radius 1 is 1.47 bits per heavy atom. The molecule has 0 fully saturated rings. The van der Waals surface area contributed by atoms with E-state index in [1.807, 2.05) is 24.3 Å². The molecule has 0 saturated carbocycles. The Morgan fingerprint density at radius 2 is 2.26 bits per heavy atom. The highest BCUT2D eigenvalue weighted by molar-refractivity contribution is 9.10. The first kappa shape index (κ1) is 13.8. The van der Waals surface area contributed by atoms with Gasteiger partial charge in [-0.3, -0.25) is 9.78 Å². The molecule has 0 bridgehead atoms. The topological polar surface area (TPSA) is 94.0 Å². The van der Waals surface area contributed by atoms with Crippen LogP contribution < -0.4 is 16.8 Å². The summed E-state index contributed by atoms with van der Waals surface area (Å²) in [6, 6.07) is 7.61. The third-order valence-electron chi connectivity index (χ3n) is 2.77. The minimum atomic E-state index is -0.376. The number of halogens is 1. The zero-order valence-corrected chi connectivity index (χ0v) is 11.9. The fourth-order valence-corrected chi connectivity index (χ4v) is 2.26. The highest BCUT2D eigenvalue weighted by Gasteiger charge is 2.12. The van der Waals surface area contributed by atoms with Crippen molar-refractivity contribution in [3.8, 4) is 0 Å². The fraction of sp³-hybridized carbons (Fsp3) is 0.231. The first-order valence-electron chi connectivity index (χ1n) is 5.89. The van der Waals surface area contributed by atoms with Gasteiger partial charge < -0.3 is 16.8 Å². The number of nitrogens with two attached hydrogens (primary N) is 2. The van der Waals surface area contributed by atoms with Crippen molar-refractivity contribution in [1.82, 2.24) is 4.98 Å². The zero-order valence-electron chi connectivity index (χ0n) is 10.3. The lowest BCUT2D eigenvalue weighted by molar-refractivity contribution is -0.118. The van der Waals surface area contributed by atoms with Gasteiger partial charge >= 0.3 is 0 Å². The SMILES string of the molecule is NCC(CC(N)=O)Nc1cccc2cc(Br)cnc12. The lowest BCUT2D eigenvalue weighted by Crippen LogP contribution is -2.33. The van der Waals surface area contributed by atoms with Crippen molar-refractivity contribution in [3.63, 3.8) is 0 Å². The molecule has 0 aliphatic heterocycles. The van der Waals surface area contributed by atoms with E-state index in [9.17, 15) is 4.79 Å². The van der Waals surface area contributed by atoms with Gasteiger partial charge in [-0.15, -0.1) is 0 Å². The van der Waals surface area contributed by atoms with Crippen LogP contribution in [0, 0.1) is 0 Å². The van der Waals surface area contributed by atoms with Crippen molar-refractivity contribution in [2.24, 2.45) is 11.5 Å². The number of carbonyl (C=O) groups excluding carboxylic acids is 1. The first-order chi connectivity index (χ1) is 9.10. The molecular weight excluding hydrogens is 308 g/mol. The predicted molar refractivity (Wildman–Crippen MR) is 79.7 cm³/mol. The van der Waals surface area contributed by atoms with Gasteiger partial charge in [-0.1, -0.05) is 12.1 Å². The molecule has 6 heteroatoms. The Bertz CT molecular complexity index is 602. The summed E-state index contributed by atoms with van der Waals surface area (Å²) < 4.78 is 0.921. The van der Waals surface area contributed by atoms with Crippen LogP contribution in [-0.2, 0) is 4.79 Å². The third kappa shape index (κ3) is 3.42. The summed E-state index contributed by atoms with van der Waals surface area (Å²) in [6.45, 7) is 0.329. The summed E-state index contributed by atoms with van der Waals surface area (Å²) in [4.78, 5) is 15.4. The number of anilines is 1. The maximum atomic E-state index is 11.0. The van der Waals surface area contributed by atoms with Gasteiger partial charge in [0.05, 0.1) is 11.2 Å². The van der Waals surface area contributed by atoms with Crippen molar-refractivity contribution in [2.75, 3.05) is 11.9 Å². The highest BCUT2D eigenvalue weighted by Crippen LogP contribution is 2.24. The summed E-state index contributed by atoms with van der Waals surface area (Å²) in [5.41, 5.74) is 12.5. The second-order valence-electron chi connectivity index (χ2n) is 4.28. The van der Waals surface area contributed by atoms with Crippen LogP contribution in [0.4, 0.5) is 5.69 Å². The number of rotatable bonds is 5. The molecule has 0 spiro atoms. The molecule has 1 aromatic carbocycles. The first-order valence-corrected chi connectivity index (χ1v) is 6.68. The molecule has 1 amide bonds. The Labute approximate surface area is 119 Å². The quantitative estimate of drug-likeness (QED) is 0.779. The van der Waals surface area contributed by atoms with Gasteiger partial charge in [-0.2, -0.15) is 0 Å². The number of benzene rings is 1. The molecule has 1 atom stereocenters. The lowest BCUT2D eigenvalue weighted by atomic mass is 10.1. The van der Waals surface area contributed by atoms with E-state index in [1.54, 1.807) is 6.20 Å². The molecule has 0 aliphatic carbocycles. The fourth-order valence-electron chi connectivity index (χ4n) is 1.91. The monoisotopic (exact) mass is 322 g/mol. The van der Waals surface area contributed by atoms with Gasteiger partial charge in [-0.05, 0) is 28.1 Å². The zero-order chi connectivity index (χ0) is 13.8. The minimum Gasteiger partial charge on any atom is -0.379 e. The molecule has 1 aromatic heterocycles. The van der Waals surface area contributed by atoms with Crippen molar-refractivity contribution in [3.05, 3.63) is 34.9 Å². The molecule has 1 unspecified atom stereocenters. The molecular formula is C13H15BrN4O. The number of nitrogens with one attached hydrogen (secondary N) is 1. The van der Waals surface area contributed by atoms with Gasteiger partial charge in [0.25, 0.3) is 0 Å². The number of aromatic nitrogens is 1. The molecule has 100 valence electrons. The summed E-state index contributed by atoms with van der Waals surface area (Å²) >= 11 is 3.39. The summed E-state index contributed by atoms with van der Waals surface area (Å²) in [5, 5.41) is 4.23. The molecule has 5 N–H and O–H groups in total. The van der Waals surface area contributed by atoms with Crippen LogP contribution in [0.2, 0.25) is 0 Å². The number of carbonyl (C=O) groups is 1. The normalized spacial score (nSPS) is 12.3. The summed E-state index contributed by atoms with van der Waals surface area (Å²) in [7, 11) is 0. The second kappa shape index (κ2) is 5.99. The molecule has 1 heterocycles. The van der Waals surface area contributed by atoms with Gasteiger partial charge in [0.15, 0.2) is 0 Å². The number of hydrogen-bond donors (Lipinski definition) is 3. The van der Waals surface area contributed by atoms with Crippen LogP contribution in [0.25, 0.3) is 10.9 Å². The van der Waals surface area contributed by atoms with Crippen molar-refractivity contribution in [2.45, 2.75) is 12.5 Å². The number of primary amides is 1. The maximum absolute atomic E-state index is 11.0. The molecule has 2 aromatic rings. The molecule has 0 aliphatic rings. The Morgan fingerprint density at radius 3 is 2.95 bits per heavy atom. The van der Waals surface area contributed by atoms with E-state index >= 15 is 0 Å². The van der Waals surface area contributed by atoms with Crippen molar-refractivity contribution in [1.29, 1.82) is 0 Å². The highest BCUT2D eigenvalue weighted by atomic mass is 79.9. The average Bonchev–Trinajstić information content (AvgIpc) is 2.37. The van der Waals surface area contributed by atoms with Crippen molar-refractivity contribution >= 4 is 38.4 Å². The second-order valence-corrected chi connectivity index (χ2v) is 5.19. The standard InChI is InChI=1S/C13H15BrN4O/c14-9-4-8-2-1-3-11(13(8)17-7-9)18-10(6-15)5-12(16)19/h1-4,7,10,18H,5-6,15H2,(H2,16,19). The van der Waals surface area contributed by atoms with E-state index in [1.165, 1.54) is 0 Å². The molecule has 0 radical (unpaired) electrons. The third-order valence-corrected chi connectivity index (χ3v) is 3.20. The Kier molecular flexibility index (Phi) is 4.34. The van der Waals surface area contributed by atoms with Gasteiger partial charge in [0.1, 0.15) is 0 Å². The average molecular weight is 323 g/mol. The van der Waals surface area contributed by atoms with Crippen LogP contribution in [0.1, 0.15) is 6.42 Å². The van der Waals surface area contributed by atoms with Crippen molar-refractivity contribution < 1.29 is 4.79 Å². The van der Waals surface area contributed by atoms with E-state index in [-0.39, 0.29) is 18.4 Å². The van der Waals surface area contributed by atoms with Crippen LogP contribution in [-0.4, -0.2) is 23.5 Å². The number of nitrogens with zero attached hydrogens (tertiary/aromatic N) is 1. The predicted octanol–water partition coefficient (Wildman–Crippen LogP) is 1.61. The van der Waals surface area contributed by atoms with E-state index in [0.717, 1.165) is 21.1 Å². The molecule has 5 nitrogen and oxygen atoms in total. The lowest BCUT2D eigenvalue weighted by Gasteiger charge is -2.17. The molecule has 2 rings (SSSR count). The summed E-state index contributed by atoms with van der Waals surface area (Å²) in [5.74, 6) is -0.376. The molecule has 0 saturated heterocycles.